The normalized spacial score (nSPS) is 12.3. The van der Waals surface area contributed by atoms with E-state index in [-0.39, 0.29) is 6.42 Å². The number of rotatable bonds is 11. The summed E-state index contributed by atoms with van der Waals surface area (Å²) in [5.41, 5.74) is 0. The lowest BCUT2D eigenvalue weighted by Crippen LogP contribution is -2.12. The van der Waals surface area contributed by atoms with Crippen molar-refractivity contribution in [3.8, 4) is 0 Å². The van der Waals surface area contributed by atoms with Gasteiger partial charge in [-0.3, -0.25) is 9.59 Å². The maximum atomic E-state index is 10.4. The highest BCUT2D eigenvalue weighted by Crippen LogP contribution is 2.12. The average molecular weight is 265 g/mol. The average Bonchev–Trinajstić information content (AvgIpc) is 2.25. The van der Waals surface area contributed by atoms with Crippen molar-refractivity contribution in [2.45, 2.75) is 63.2 Å². The third-order valence-corrected chi connectivity index (χ3v) is 3.02. The van der Waals surface area contributed by atoms with Crippen LogP contribution in [-0.4, -0.2) is 27.5 Å². The van der Waals surface area contributed by atoms with Gasteiger partial charge < -0.3 is 10.2 Å². The lowest BCUT2D eigenvalue weighted by atomic mass is 10.1. The molecule has 1 unspecified atom stereocenters. The number of halogens is 1. The predicted octanol–water partition coefficient (Wildman–Crippen LogP) is 3.27. The van der Waals surface area contributed by atoms with E-state index in [0.717, 1.165) is 44.9 Å². The van der Waals surface area contributed by atoms with E-state index in [0.29, 0.717) is 6.42 Å². The minimum Gasteiger partial charge on any atom is -0.481 e. The van der Waals surface area contributed by atoms with Gasteiger partial charge in [-0.25, -0.2) is 0 Å². The van der Waals surface area contributed by atoms with Crippen LogP contribution in [0.1, 0.15) is 57.8 Å². The summed E-state index contributed by atoms with van der Waals surface area (Å²) in [4.78, 5) is 20.6. The van der Waals surface area contributed by atoms with Gasteiger partial charge in [-0.2, -0.15) is 0 Å². The molecule has 0 aromatic rings. The van der Waals surface area contributed by atoms with E-state index in [9.17, 15) is 9.59 Å². The zero-order valence-electron chi connectivity index (χ0n) is 10.0. The molecule has 0 aromatic heterocycles. The van der Waals surface area contributed by atoms with Crippen LogP contribution in [-0.2, 0) is 9.59 Å². The second-order valence-electron chi connectivity index (χ2n) is 4.21. The van der Waals surface area contributed by atoms with Crippen molar-refractivity contribution in [1.82, 2.24) is 0 Å². The van der Waals surface area contributed by atoms with Gasteiger partial charge in [-0.05, 0) is 12.8 Å². The predicted molar refractivity (Wildman–Crippen MR) is 66.5 cm³/mol. The molecule has 0 fully saturated rings. The zero-order chi connectivity index (χ0) is 13.1. The van der Waals surface area contributed by atoms with Crippen LogP contribution in [0.2, 0.25) is 0 Å². The first-order valence-corrected chi connectivity index (χ1v) is 6.56. The molecular weight excluding hydrogens is 244 g/mol. The van der Waals surface area contributed by atoms with Crippen molar-refractivity contribution in [3.05, 3.63) is 0 Å². The maximum Gasteiger partial charge on any atom is 0.321 e. The number of aliphatic carboxylic acids is 2. The molecule has 0 radical (unpaired) electrons. The molecule has 0 spiro atoms. The molecule has 0 aliphatic rings. The first-order valence-electron chi connectivity index (χ1n) is 6.12. The third-order valence-electron chi connectivity index (χ3n) is 2.62. The van der Waals surface area contributed by atoms with Crippen molar-refractivity contribution in [2.75, 3.05) is 0 Å². The minimum absolute atomic E-state index is 0.256. The Morgan fingerprint density at radius 1 is 0.882 bits per heavy atom. The highest BCUT2D eigenvalue weighted by molar-refractivity contribution is 6.29. The lowest BCUT2D eigenvalue weighted by molar-refractivity contribution is -0.138. The fourth-order valence-corrected chi connectivity index (χ4v) is 1.76. The topological polar surface area (TPSA) is 74.6 Å². The minimum atomic E-state index is -0.944. The zero-order valence-corrected chi connectivity index (χ0v) is 10.8. The molecule has 0 aliphatic heterocycles. The van der Waals surface area contributed by atoms with Crippen LogP contribution in [0.4, 0.5) is 0 Å². The summed E-state index contributed by atoms with van der Waals surface area (Å²) in [7, 11) is 0. The summed E-state index contributed by atoms with van der Waals surface area (Å²) in [6.07, 6.45) is 7.53. The van der Waals surface area contributed by atoms with E-state index >= 15 is 0 Å². The van der Waals surface area contributed by atoms with Crippen molar-refractivity contribution in [2.24, 2.45) is 0 Å². The molecule has 2 N–H and O–H groups in total. The van der Waals surface area contributed by atoms with Crippen LogP contribution < -0.4 is 0 Å². The van der Waals surface area contributed by atoms with Crippen molar-refractivity contribution in [1.29, 1.82) is 0 Å². The molecule has 100 valence electrons. The smallest absolute Gasteiger partial charge is 0.321 e. The quantitative estimate of drug-likeness (QED) is 0.444. The molecule has 1 atom stereocenters. The van der Waals surface area contributed by atoms with Gasteiger partial charge in [0.2, 0.25) is 0 Å². The second kappa shape index (κ2) is 10.4. The number of carboxylic acids is 2. The molecule has 0 amide bonds. The Bertz CT molecular complexity index is 231. The Kier molecular flexibility index (Phi) is 9.92. The molecule has 0 saturated heterocycles. The van der Waals surface area contributed by atoms with Gasteiger partial charge >= 0.3 is 11.9 Å². The van der Waals surface area contributed by atoms with Gasteiger partial charge in [0.1, 0.15) is 5.38 Å². The summed E-state index contributed by atoms with van der Waals surface area (Å²) in [5, 5.41) is 16.2. The summed E-state index contributed by atoms with van der Waals surface area (Å²) in [6, 6.07) is 0. The van der Waals surface area contributed by atoms with Gasteiger partial charge in [0.05, 0.1) is 0 Å². The van der Waals surface area contributed by atoms with Crippen LogP contribution >= 0.6 is 11.6 Å². The number of unbranched alkanes of at least 4 members (excludes halogenated alkanes) is 6. The number of hydrogen-bond donors (Lipinski definition) is 2. The number of carboxylic acid groups (broad SMARTS) is 2. The van der Waals surface area contributed by atoms with Gasteiger partial charge in [0, 0.05) is 6.42 Å². The number of hydrogen-bond acceptors (Lipinski definition) is 2. The van der Waals surface area contributed by atoms with Crippen LogP contribution in [0.3, 0.4) is 0 Å². The third kappa shape index (κ3) is 11.5. The Morgan fingerprint density at radius 2 is 1.35 bits per heavy atom. The van der Waals surface area contributed by atoms with E-state index in [2.05, 4.69) is 0 Å². The largest absolute Gasteiger partial charge is 0.481 e. The van der Waals surface area contributed by atoms with Gasteiger partial charge in [0.15, 0.2) is 0 Å². The molecule has 17 heavy (non-hydrogen) atoms. The molecule has 4 nitrogen and oxygen atoms in total. The lowest BCUT2D eigenvalue weighted by Gasteiger charge is -2.04. The van der Waals surface area contributed by atoms with Crippen LogP contribution in [0.25, 0.3) is 0 Å². The number of alkyl halides is 1. The summed E-state index contributed by atoms with van der Waals surface area (Å²) >= 11 is 5.57. The highest BCUT2D eigenvalue weighted by Gasteiger charge is 2.11. The first-order chi connectivity index (χ1) is 8.04. The molecule has 5 heteroatoms. The molecular formula is C12H21ClO4. The van der Waals surface area contributed by atoms with Crippen molar-refractivity contribution >= 4 is 23.5 Å². The van der Waals surface area contributed by atoms with Crippen LogP contribution in [0.15, 0.2) is 0 Å². The van der Waals surface area contributed by atoms with Crippen LogP contribution in [0.5, 0.6) is 0 Å². The highest BCUT2D eigenvalue weighted by atomic mass is 35.5. The fraction of sp³-hybridized carbons (Fsp3) is 0.833. The monoisotopic (exact) mass is 264 g/mol. The summed E-state index contributed by atoms with van der Waals surface area (Å²) in [5.74, 6) is -1.67. The molecule has 0 aliphatic carbocycles. The molecule has 0 heterocycles. The Balaban J connectivity index is 3.14. The van der Waals surface area contributed by atoms with Gasteiger partial charge in [-0.15, -0.1) is 11.6 Å². The SMILES string of the molecule is O=C(O)CCCCCCCCCC(Cl)C(=O)O. The van der Waals surface area contributed by atoms with Crippen molar-refractivity contribution in [3.63, 3.8) is 0 Å². The second-order valence-corrected chi connectivity index (χ2v) is 4.74. The van der Waals surface area contributed by atoms with Crippen LogP contribution in [0, 0.1) is 0 Å². The Morgan fingerprint density at radius 3 is 1.82 bits per heavy atom. The van der Waals surface area contributed by atoms with Crippen molar-refractivity contribution < 1.29 is 19.8 Å². The van der Waals surface area contributed by atoms with E-state index < -0.39 is 17.3 Å². The summed E-state index contributed by atoms with van der Waals surface area (Å²) in [6.45, 7) is 0. The Labute approximate surface area is 107 Å². The molecule has 0 rings (SSSR count). The molecule has 0 saturated carbocycles. The first kappa shape index (κ1) is 16.2. The van der Waals surface area contributed by atoms with E-state index in [1.807, 2.05) is 0 Å². The standard InChI is InChI=1S/C12H21ClO4/c13-10(12(16)17)8-6-4-2-1-3-5-7-9-11(14)15/h10H,1-9H2,(H,14,15)(H,16,17). The summed E-state index contributed by atoms with van der Waals surface area (Å²) < 4.78 is 0. The molecule has 0 bridgehead atoms. The fourth-order valence-electron chi connectivity index (χ4n) is 1.61. The van der Waals surface area contributed by atoms with E-state index in [1.165, 1.54) is 0 Å². The van der Waals surface area contributed by atoms with E-state index in [4.69, 9.17) is 21.8 Å². The number of carbonyl (C=O) groups is 2. The molecule has 0 aromatic carbocycles. The van der Waals surface area contributed by atoms with Gasteiger partial charge in [0.25, 0.3) is 0 Å². The maximum absolute atomic E-state index is 10.4. The Hall–Kier alpha value is -0.770. The van der Waals surface area contributed by atoms with E-state index in [1.54, 1.807) is 0 Å². The van der Waals surface area contributed by atoms with Gasteiger partial charge in [-0.1, -0.05) is 38.5 Å².